The maximum absolute atomic E-state index is 13.3. The number of carbonyl (C=O) groups is 1. The molecule has 27 heavy (non-hydrogen) atoms. The zero-order valence-electron chi connectivity index (χ0n) is 14.2. The summed E-state index contributed by atoms with van der Waals surface area (Å²) in [6.45, 7) is 2.19. The third kappa shape index (κ3) is 3.17. The number of carboxylic acids is 1. The molecule has 142 valence electrons. The highest BCUT2D eigenvalue weighted by molar-refractivity contribution is 5.93. The van der Waals surface area contributed by atoms with Crippen LogP contribution in [0.5, 0.6) is 0 Å². The van der Waals surface area contributed by atoms with E-state index in [1.165, 1.54) is 24.5 Å². The van der Waals surface area contributed by atoms with E-state index in [-0.39, 0.29) is 23.1 Å². The Bertz CT molecular complexity index is 860. The molecule has 2 saturated heterocycles. The normalized spacial score (nSPS) is 22.2. The van der Waals surface area contributed by atoms with Gasteiger partial charge in [0, 0.05) is 43.7 Å². The van der Waals surface area contributed by atoms with Gasteiger partial charge in [-0.1, -0.05) is 12.1 Å². The Morgan fingerprint density at radius 3 is 2.11 bits per heavy atom. The molecule has 2 fully saturated rings. The molecule has 0 amide bonds. The van der Waals surface area contributed by atoms with Gasteiger partial charge in [-0.05, 0) is 12.1 Å². The van der Waals surface area contributed by atoms with Gasteiger partial charge in [-0.15, -0.1) is 0 Å². The number of anilines is 2. The van der Waals surface area contributed by atoms with E-state index in [0.717, 1.165) is 6.07 Å². The van der Waals surface area contributed by atoms with Crippen LogP contribution in [0.2, 0.25) is 0 Å². The van der Waals surface area contributed by atoms with E-state index in [1.54, 1.807) is 11.0 Å². The van der Waals surface area contributed by atoms with Crippen LogP contribution in [0.3, 0.4) is 0 Å². The van der Waals surface area contributed by atoms with Gasteiger partial charge in [-0.25, -0.2) is 4.79 Å². The summed E-state index contributed by atoms with van der Waals surface area (Å²) in [6, 6.07) is 5.63. The third-order valence-corrected chi connectivity index (χ3v) is 5.32. The minimum atomic E-state index is -4.39. The van der Waals surface area contributed by atoms with Crippen LogP contribution in [0, 0.1) is 11.8 Å². The minimum absolute atomic E-state index is 0.0873. The van der Waals surface area contributed by atoms with Crippen LogP contribution in [0.15, 0.2) is 36.7 Å². The predicted molar refractivity (Wildman–Crippen MR) is 91.8 cm³/mol. The van der Waals surface area contributed by atoms with E-state index in [4.69, 9.17) is 0 Å². The Morgan fingerprint density at radius 1 is 0.963 bits per heavy atom. The fraction of sp³-hybridized carbons (Fsp3) is 0.389. The molecule has 0 spiro atoms. The van der Waals surface area contributed by atoms with Crippen molar-refractivity contribution in [1.82, 2.24) is 10.2 Å². The van der Waals surface area contributed by atoms with Crippen molar-refractivity contribution >= 4 is 17.3 Å². The number of rotatable bonds is 3. The molecule has 0 radical (unpaired) electrons. The number of halogens is 3. The molecule has 0 saturated carbocycles. The maximum atomic E-state index is 13.3. The first-order chi connectivity index (χ1) is 12.8. The molecule has 1 aromatic heterocycles. The largest absolute Gasteiger partial charge is 0.478 e. The lowest BCUT2D eigenvalue weighted by molar-refractivity contribution is -0.137. The number of hydrogen-bond donors (Lipinski definition) is 1. The van der Waals surface area contributed by atoms with Gasteiger partial charge in [0.2, 0.25) is 0 Å². The number of carboxylic acid groups (broad SMARTS) is 1. The van der Waals surface area contributed by atoms with Crippen molar-refractivity contribution in [3.8, 4) is 0 Å². The van der Waals surface area contributed by atoms with Crippen molar-refractivity contribution in [3.05, 3.63) is 47.8 Å². The van der Waals surface area contributed by atoms with Gasteiger partial charge in [0.1, 0.15) is 5.56 Å². The third-order valence-electron chi connectivity index (χ3n) is 5.32. The second kappa shape index (κ2) is 6.40. The van der Waals surface area contributed by atoms with E-state index in [9.17, 15) is 23.1 Å². The average molecular weight is 378 g/mol. The Kier molecular flexibility index (Phi) is 4.16. The Hall–Kier alpha value is -2.84. The van der Waals surface area contributed by atoms with E-state index < -0.39 is 17.7 Å². The first kappa shape index (κ1) is 17.6. The molecule has 2 aliphatic rings. The molecular formula is C18H17F3N4O2. The Balaban J connectivity index is 1.53. The molecular weight excluding hydrogens is 361 g/mol. The molecule has 0 bridgehead atoms. The molecule has 6 nitrogen and oxygen atoms in total. The van der Waals surface area contributed by atoms with E-state index in [2.05, 4.69) is 10.2 Å². The monoisotopic (exact) mass is 378 g/mol. The summed E-state index contributed by atoms with van der Waals surface area (Å²) in [6.07, 6.45) is -1.74. The zero-order valence-corrected chi connectivity index (χ0v) is 14.2. The standard InChI is InChI=1S/C18H17F3N4O2/c19-18(20,21)14-3-1-2-4-15(14)24-7-11-9-25(10-12(11)8-24)16-6-23-22-5-13(16)17(26)27/h1-6,11-12H,7-10H2,(H,26,27)/t11-,12+. The number of alkyl halides is 3. The highest BCUT2D eigenvalue weighted by atomic mass is 19.4. The lowest BCUT2D eigenvalue weighted by atomic mass is 10.0. The summed E-state index contributed by atoms with van der Waals surface area (Å²) < 4.78 is 39.9. The molecule has 2 atom stereocenters. The van der Waals surface area contributed by atoms with Crippen molar-refractivity contribution in [3.63, 3.8) is 0 Å². The van der Waals surface area contributed by atoms with Crippen molar-refractivity contribution < 1.29 is 23.1 Å². The molecule has 2 aliphatic heterocycles. The fourth-order valence-electron chi connectivity index (χ4n) is 4.11. The SMILES string of the molecule is O=C(O)c1cnncc1N1C[C@@H]2CN(c3ccccc3C(F)(F)F)C[C@@H]2C1. The van der Waals surface area contributed by atoms with Crippen molar-refractivity contribution in [1.29, 1.82) is 0 Å². The van der Waals surface area contributed by atoms with Gasteiger partial charge in [0.05, 0.1) is 23.6 Å². The van der Waals surface area contributed by atoms with Crippen LogP contribution in [0.4, 0.5) is 24.5 Å². The Labute approximate surface area is 153 Å². The van der Waals surface area contributed by atoms with Crippen molar-refractivity contribution in [2.45, 2.75) is 6.18 Å². The lowest BCUT2D eigenvalue weighted by Gasteiger charge is -2.26. The maximum Gasteiger partial charge on any atom is 0.418 e. The van der Waals surface area contributed by atoms with Crippen LogP contribution >= 0.6 is 0 Å². The molecule has 0 aliphatic carbocycles. The first-order valence-electron chi connectivity index (χ1n) is 8.54. The zero-order chi connectivity index (χ0) is 19.2. The smallest absolute Gasteiger partial charge is 0.418 e. The van der Waals surface area contributed by atoms with E-state index in [0.29, 0.717) is 31.9 Å². The number of nitrogens with zero attached hydrogens (tertiary/aromatic N) is 4. The second-order valence-electron chi connectivity index (χ2n) is 6.94. The number of fused-ring (bicyclic) bond motifs is 1. The lowest BCUT2D eigenvalue weighted by Crippen LogP contribution is -2.30. The molecule has 1 aromatic carbocycles. The summed E-state index contributed by atoms with van der Waals surface area (Å²) in [4.78, 5) is 15.1. The fourth-order valence-corrected chi connectivity index (χ4v) is 4.11. The average Bonchev–Trinajstić information content (AvgIpc) is 3.20. The predicted octanol–water partition coefficient (Wildman–Crippen LogP) is 2.77. The van der Waals surface area contributed by atoms with Gasteiger partial charge >= 0.3 is 12.1 Å². The van der Waals surface area contributed by atoms with Gasteiger partial charge in [0.25, 0.3) is 0 Å². The van der Waals surface area contributed by atoms with Crippen LogP contribution in [0.1, 0.15) is 15.9 Å². The van der Waals surface area contributed by atoms with Crippen molar-refractivity contribution in [2.24, 2.45) is 11.8 Å². The summed E-state index contributed by atoms with van der Waals surface area (Å²) in [5, 5.41) is 16.7. The quantitative estimate of drug-likeness (QED) is 0.886. The van der Waals surface area contributed by atoms with Gasteiger partial charge in [0.15, 0.2) is 0 Å². The molecule has 9 heteroatoms. The van der Waals surface area contributed by atoms with Crippen LogP contribution in [0.25, 0.3) is 0 Å². The number of aromatic nitrogens is 2. The van der Waals surface area contributed by atoms with Gasteiger partial charge < -0.3 is 14.9 Å². The van der Waals surface area contributed by atoms with Crippen LogP contribution in [-0.4, -0.2) is 47.5 Å². The van der Waals surface area contributed by atoms with E-state index in [1.807, 2.05) is 4.90 Å². The van der Waals surface area contributed by atoms with Gasteiger partial charge in [-0.2, -0.15) is 23.4 Å². The first-order valence-corrected chi connectivity index (χ1v) is 8.54. The Morgan fingerprint density at radius 2 is 1.52 bits per heavy atom. The van der Waals surface area contributed by atoms with Crippen LogP contribution < -0.4 is 9.80 Å². The number of benzene rings is 1. The second-order valence-corrected chi connectivity index (χ2v) is 6.94. The molecule has 1 N–H and O–H groups in total. The van der Waals surface area contributed by atoms with Crippen molar-refractivity contribution in [2.75, 3.05) is 36.0 Å². The molecule has 0 unspecified atom stereocenters. The van der Waals surface area contributed by atoms with Crippen LogP contribution in [-0.2, 0) is 6.18 Å². The highest BCUT2D eigenvalue weighted by Crippen LogP contribution is 2.41. The molecule has 3 heterocycles. The minimum Gasteiger partial charge on any atom is -0.478 e. The number of aromatic carboxylic acids is 1. The number of para-hydroxylation sites is 1. The summed E-state index contributed by atoms with van der Waals surface area (Å²) in [5.74, 6) is -0.736. The summed E-state index contributed by atoms with van der Waals surface area (Å²) in [5.41, 5.74) is 0.189. The highest BCUT2D eigenvalue weighted by Gasteiger charge is 2.43. The summed E-state index contributed by atoms with van der Waals surface area (Å²) >= 11 is 0. The molecule has 4 rings (SSSR count). The summed E-state index contributed by atoms with van der Waals surface area (Å²) in [7, 11) is 0. The number of hydrogen-bond acceptors (Lipinski definition) is 5. The topological polar surface area (TPSA) is 69.6 Å². The van der Waals surface area contributed by atoms with Gasteiger partial charge in [-0.3, -0.25) is 0 Å². The van der Waals surface area contributed by atoms with E-state index >= 15 is 0 Å². The molecule has 2 aromatic rings.